The predicted octanol–water partition coefficient (Wildman–Crippen LogP) is 2.09. The largest absolute Gasteiger partial charge is 0.317 e. The van der Waals surface area contributed by atoms with Gasteiger partial charge in [0.05, 0.1) is 0 Å². The molecule has 2 aliphatic rings. The van der Waals surface area contributed by atoms with Crippen LogP contribution in [0, 0.1) is 5.92 Å². The molecule has 0 aliphatic carbocycles. The van der Waals surface area contributed by atoms with Gasteiger partial charge in [-0.3, -0.25) is 0 Å². The molecule has 1 aromatic rings. The van der Waals surface area contributed by atoms with Gasteiger partial charge in [-0.15, -0.1) is 0 Å². The van der Waals surface area contributed by atoms with Crippen LogP contribution in [0.1, 0.15) is 24.0 Å². The van der Waals surface area contributed by atoms with Crippen molar-refractivity contribution in [2.75, 3.05) is 32.7 Å². The summed E-state index contributed by atoms with van der Waals surface area (Å²) in [5, 5.41) is 3.46. The highest BCUT2D eigenvalue weighted by Gasteiger charge is 2.19. The molecule has 1 aromatic carbocycles. The summed E-state index contributed by atoms with van der Waals surface area (Å²) >= 11 is 0. The molecule has 0 saturated carbocycles. The number of piperidine rings is 1. The molecule has 1 saturated heterocycles. The Morgan fingerprint density at radius 3 is 2.22 bits per heavy atom. The number of fused-ring (bicyclic) bond motifs is 1. The normalized spacial score (nSPS) is 22.4. The van der Waals surface area contributed by atoms with Crippen molar-refractivity contribution < 1.29 is 0 Å². The van der Waals surface area contributed by atoms with Crippen LogP contribution in [0.25, 0.3) is 0 Å². The molecule has 0 aromatic heterocycles. The van der Waals surface area contributed by atoms with Gasteiger partial charge in [-0.05, 0) is 55.8 Å². The molecule has 1 N–H and O–H groups in total. The maximum atomic E-state index is 3.46. The van der Waals surface area contributed by atoms with Crippen molar-refractivity contribution in [3.63, 3.8) is 0 Å². The van der Waals surface area contributed by atoms with Crippen LogP contribution < -0.4 is 5.32 Å². The second kappa shape index (κ2) is 5.85. The third-order valence-electron chi connectivity index (χ3n) is 4.49. The molecule has 2 heterocycles. The lowest BCUT2D eigenvalue weighted by Crippen LogP contribution is -2.37. The van der Waals surface area contributed by atoms with Gasteiger partial charge in [0.1, 0.15) is 0 Å². The van der Waals surface area contributed by atoms with E-state index in [1.165, 1.54) is 58.4 Å². The molecule has 2 heteroatoms. The Labute approximate surface area is 110 Å². The third kappa shape index (κ3) is 2.93. The molecule has 0 atom stereocenters. The second-order valence-corrected chi connectivity index (χ2v) is 5.76. The van der Waals surface area contributed by atoms with Crippen LogP contribution in [0.5, 0.6) is 0 Å². The van der Waals surface area contributed by atoms with Crippen molar-refractivity contribution in [2.45, 2.75) is 25.7 Å². The number of hydrogen-bond donors (Lipinski definition) is 1. The van der Waals surface area contributed by atoms with Crippen LogP contribution in [-0.4, -0.2) is 37.6 Å². The smallest absolute Gasteiger partial charge is 0.00222 e. The monoisotopic (exact) mass is 244 g/mol. The van der Waals surface area contributed by atoms with Crippen LogP contribution in [0.15, 0.2) is 24.3 Å². The van der Waals surface area contributed by atoms with E-state index < -0.39 is 0 Å². The highest BCUT2D eigenvalue weighted by atomic mass is 15.1. The number of hydrogen-bond acceptors (Lipinski definition) is 2. The number of nitrogens with one attached hydrogen (secondary N) is 1. The van der Waals surface area contributed by atoms with E-state index in [1.54, 1.807) is 11.1 Å². The van der Waals surface area contributed by atoms with Crippen LogP contribution in [0.2, 0.25) is 0 Å². The van der Waals surface area contributed by atoms with Gasteiger partial charge in [0.25, 0.3) is 0 Å². The molecule has 2 aliphatic heterocycles. The molecule has 18 heavy (non-hydrogen) atoms. The van der Waals surface area contributed by atoms with Gasteiger partial charge in [0, 0.05) is 19.6 Å². The molecule has 3 rings (SSSR count). The Bertz CT molecular complexity index is 355. The lowest BCUT2D eigenvalue weighted by atomic mass is 9.97. The van der Waals surface area contributed by atoms with Crippen molar-refractivity contribution in [1.82, 2.24) is 10.2 Å². The minimum absolute atomic E-state index is 0.924. The fraction of sp³-hybridized carbons (Fsp3) is 0.625. The average molecular weight is 244 g/mol. The molecule has 0 amide bonds. The van der Waals surface area contributed by atoms with Crippen LogP contribution >= 0.6 is 0 Å². The van der Waals surface area contributed by atoms with Gasteiger partial charge >= 0.3 is 0 Å². The van der Waals surface area contributed by atoms with Crippen LogP contribution in [-0.2, 0) is 12.8 Å². The zero-order chi connectivity index (χ0) is 12.2. The van der Waals surface area contributed by atoms with Crippen LogP contribution in [0.3, 0.4) is 0 Å². The Hall–Kier alpha value is -0.860. The van der Waals surface area contributed by atoms with Gasteiger partial charge in [-0.25, -0.2) is 0 Å². The minimum atomic E-state index is 0.924. The molecule has 98 valence electrons. The molecule has 0 radical (unpaired) electrons. The van der Waals surface area contributed by atoms with E-state index in [0.717, 1.165) is 5.92 Å². The molecular weight excluding hydrogens is 220 g/mol. The van der Waals surface area contributed by atoms with Gasteiger partial charge in [-0.1, -0.05) is 24.3 Å². The van der Waals surface area contributed by atoms with E-state index in [9.17, 15) is 0 Å². The van der Waals surface area contributed by atoms with E-state index in [1.807, 2.05) is 0 Å². The second-order valence-electron chi connectivity index (χ2n) is 5.76. The first-order valence-electron chi connectivity index (χ1n) is 7.41. The van der Waals surface area contributed by atoms with Crippen molar-refractivity contribution >= 4 is 0 Å². The fourth-order valence-electron chi connectivity index (χ4n) is 3.33. The number of nitrogens with zero attached hydrogens (tertiary/aromatic N) is 1. The van der Waals surface area contributed by atoms with Gasteiger partial charge < -0.3 is 10.2 Å². The Balaban J connectivity index is 1.57. The first-order valence-corrected chi connectivity index (χ1v) is 7.41. The molecule has 0 unspecified atom stereocenters. The first-order chi connectivity index (χ1) is 8.92. The van der Waals surface area contributed by atoms with Gasteiger partial charge in [0.15, 0.2) is 0 Å². The fourth-order valence-corrected chi connectivity index (χ4v) is 3.33. The quantitative estimate of drug-likeness (QED) is 0.857. The van der Waals surface area contributed by atoms with E-state index >= 15 is 0 Å². The maximum absolute atomic E-state index is 3.46. The Kier molecular flexibility index (Phi) is 3.96. The summed E-state index contributed by atoms with van der Waals surface area (Å²) in [6.07, 6.45) is 5.20. The summed E-state index contributed by atoms with van der Waals surface area (Å²) in [5.41, 5.74) is 3.15. The molecule has 0 bridgehead atoms. The summed E-state index contributed by atoms with van der Waals surface area (Å²) < 4.78 is 0. The minimum Gasteiger partial charge on any atom is -0.317 e. The summed E-state index contributed by atoms with van der Waals surface area (Å²) in [4.78, 5) is 2.69. The number of rotatable bonds is 2. The number of benzene rings is 1. The molecule has 0 spiro atoms. The van der Waals surface area contributed by atoms with E-state index in [2.05, 4.69) is 34.5 Å². The standard InChI is InChI=1S/C16H24N2/c1-2-4-16-8-12-18(11-7-15(16)3-1)13-14-5-9-17-10-6-14/h1-4,14,17H,5-13H2. The molecular formula is C16H24N2. The van der Waals surface area contributed by atoms with E-state index in [4.69, 9.17) is 0 Å². The summed E-state index contributed by atoms with van der Waals surface area (Å²) in [6.45, 7) is 6.26. The summed E-state index contributed by atoms with van der Waals surface area (Å²) in [6, 6.07) is 8.98. The maximum Gasteiger partial charge on any atom is 0.00222 e. The lowest BCUT2D eigenvalue weighted by Gasteiger charge is -2.29. The van der Waals surface area contributed by atoms with E-state index in [-0.39, 0.29) is 0 Å². The highest BCUT2D eigenvalue weighted by molar-refractivity contribution is 5.28. The summed E-state index contributed by atoms with van der Waals surface area (Å²) in [7, 11) is 0. The van der Waals surface area contributed by atoms with Crippen molar-refractivity contribution in [1.29, 1.82) is 0 Å². The van der Waals surface area contributed by atoms with E-state index in [0.29, 0.717) is 0 Å². The average Bonchev–Trinajstić information content (AvgIpc) is 2.63. The molecule has 1 fully saturated rings. The molecule has 2 nitrogen and oxygen atoms in total. The third-order valence-corrected chi connectivity index (χ3v) is 4.49. The Morgan fingerprint density at radius 2 is 1.61 bits per heavy atom. The van der Waals surface area contributed by atoms with Crippen molar-refractivity contribution in [3.05, 3.63) is 35.4 Å². The summed E-state index contributed by atoms with van der Waals surface area (Å²) in [5.74, 6) is 0.924. The zero-order valence-corrected chi connectivity index (χ0v) is 11.2. The zero-order valence-electron chi connectivity index (χ0n) is 11.2. The van der Waals surface area contributed by atoms with Gasteiger partial charge in [0.2, 0.25) is 0 Å². The SMILES string of the molecule is c1ccc2c(c1)CCN(CC1CCNCC1)CC2. The Morgan fingerprint density at radius 1 is 1.00 bits per heavy atom. The van der Waals surface area contributed by atoms with Crippen molar-refractivity contribution in [2.24, 2.45) is 5.92 Å². The van der Waals surface area contributed by atoms with Crippen molar-refractivity contribution in [3.8, 4) is 0 Å². The predicted molar refractivity (Wildman–Crippen MR) is 75.9 cm³/mol. The highest BCUT2D eigenvalue weighted by Crippen LogP contribution is 2.18. The lowest BCUT2D eigenvalue weighted by molar-refractivity contribution is 0.213. The first kappa shape index (κ1) is 12.2. The topological polar surface area (TPSA) is 15.3 Å². The van der Waals surface area contributed by atoms with Crippen LogP contribution in [0.4, 0.5) is 0 Å². The van der Waals surface area contributed by atoms with Gasteiger partial charge in [-0.2, -0.15) is 0 Å².